The molecular formula is C10H20N2O. The minimum Gasteiger partial charge on any atom is -0.352 e. The summed E-state index contributed by atoms with van der Waals surface area (Å²) >= 11 is 0. The number of nitrogens with one attached hydrogen (secondary N) is 1. The standard InChI is InChI=1S/C10H20N2O/c1-4-5-8(2)10(13)12-7-6-9(3)11/h5,9H,4,6-7,11H2,1-3H3,(H,12,13). The van der Waals surface area contributed by atoms with Crippen molar-refractivity contribution in [3.8, 4) is 0 Å². The summed E-state index contributed by atoms with van der Waals surface area (Å²) in [6.45, 7) is 6.43. The molecule has 0 saturated carbocycles. The summed E-state index contributed by atoms with van der Waals surface area (Å²) in [5.41, 5.74) is 6.33. The molecule has 3 heteroatoms. The van der Waals surface area contributed by atoms with Gasteiger partial charge in [-0.2, -0.15) is 0 Å². The fraction of sp³-hybridized carbons (Fsp3) is 0.700. The molecule has 0 aromatic heterocycles. The van der Waals surface area contributed by atoms with Crippen LogP contribution in [0.1, 0.15) is 33.6 Å². The van der Waals surface area contributed by atoms with E-state index in [-0.39, 0.29) is 11.9 Å². The highest BCUT2D eigenvalue weighted by Gasteiger charge is 2.02. The molecule has 0 saturated heterocycles. The van der Waals surface area contributed by atoms with E-state index in [1.165, 1.54) is 0 Å². The third-order valence-corrected chi connectivity index (χ3v) is 1.75. The second-order valence-electron chi connectivity index (χ2n) is 3.32. The number of carbonyl (C=O) groups excluding carboxylic acids is 1. The summed E-state index contributed by atoms with van der Waals surface area (Å²) in [6.07, 6.45) is 3.64. The first-order chi connectivity index (χ1) is 6.07. The molecule has 0 rings (SSSR count). The van der Waals surface area contributed by atoms with Crippen LogP contribution in [-0.2, 0) is 4.79 Å². The van der Waals surface area contributed by atoms with Crippen LogP contribution >= 0.6 is 0 Å². The van der Waals surface area contributed by atoms with Gasteiger partial charge >= 0.3 is 0 Å². The summed E-state index contributed by atoms with van der Waals surface area (Å²) in [6, 6.07) is 0.149. The quantitative estimate of drug-likeness (QED) is 0.631. The maximum Gasteiger partial charge on any atom is 0.246 e. The Hall–Kier alpha value is -0.830. The molecule has 0 fully saturated rings. The smallest absolute Gasteiger partial charge is 0.246 e. The zero-order valence-corrected chi connectivity index (χ0v) is 8.76. The second kappa shape index (κ2) is 6.66. The fourth-order valence-corrected chi connectivity index (χ4v) is 0.952. The number of rotatable bonds is 5. The Bertz CT molecular complexity index is 185. The van der Waals surface area contributed by atoms with Crippen LogP contribution in [0.2, 0.25) is 0 Å². The van der Waals surface area contributed by atoms with Gasteiger partial charge in [-0.25, -0.2) is 0 Å². The number of hydrogen-bond donors (Lipinski definition) is 2. The lowest BCUT2D eigenvalue weighted by Gasteiger charge is -2.07. The van der Waals surface area contributed by atoms with Crippen LogP contribution in [0, 0.1) is 0 Å². The summed E-state index contributed by atoms with van der Waals surface area (Å²) in [5.74, 6) is 0.0162. The van der Waals surface area contributed by atoms with Gasteiger partial charge in [0, 0.05) is 18.2 Å². The molecule has 0 aliphatic carbocycles. The van der Waals surface area contributed by atoms with Gasteiger partial charge in [-0.05, 0) is 26.7 Å². The third-order valence-electron chi connectivity index (χ3n) is 1.75. The van der Waals surface area contributed by atoms with E-state index in [1.807, 2.05) is 26.8 Å². The normalized spacial score (nSPS) is 14.0. The number of allylic oxidation sites excluding steroid dienone is 1. The molecule has 0 heterocycles. The van der Waals surface area contributed by atoms with Crippen molar-refractivity contribution < 1.29 is 4.79 Å². The zero-order valence-electron chi connectivity index (χ0n) is 8.76. The van der Waals surface area contributed by atoms with Crippen molar-refractivity contribution in [2.24, 2.45) is 5.73 Å². The number of nitrogens with two attached hydrogens (primary N) is 1. The van der Waals surface area contributed by atoms with E-state index in [4.69, 9.17) is 5.73 Å². The van der Waals surface area contributed by atoms with Crippen molar-refractivity contribution in [3.63, 3.8) is 0 Å². The van der Waals surface area contributed by atoms with Gasteiger partial charge in [-0.1, -0.05) is 13.0 Å². The Balaban J connectivity index is 3.69. The lowest BCUT2D eigenvalue weighted by molar-refractivity contribution is -0.117. The van der Waals surface area contributed by atoms with Crippen molar-refractivity contribution in [1.82, 2.24) is 5.32 Å². The Morgan fingerprint density at radius 2 is 2.23 bits per heavy atom. The molecule has 0 aliphatic rings. The predicted molar refractivity (Wildman–Crippen MR) is 55.3 cm³/mol. The van der Waals surface area contributed by atoms with Crippen molar-refractivity contribution in [2.75, 3.05) is 6.54 Å². The topological polar surface area (TPSA) is 55.1 Å². The molecule has 13 heavy (non-hydrogen) atoms. The number of carbonyl (C=O) groups is 1. The molecule has 0 bridgehead atoms. The number of hydrogen-bond acceptors (Lipinski definition) is 2. The molecule has 3 N–H and O–H groups in total. The van der Waals surface area contributed by atoms with E-state index in [0.29, 0.717) is 6.54 Å². The maximum absolute atomic E-state index is 11.3. The second-order valence-corrected chi connectivity index (χ2v) is 3.32. The first kappa shape index (κ1) is 12.2. The molecule has 0 aliphatic heterocycles. The van der Waals surface area contributed by atoms with Crippen LogP contribution in [0.3, 0.4) is 0 Å². The minimum atomic E-state index is 0.0162. The van der Waals surface area contributed by atoms with Gasteiger partial charge in [0.1, 0.15) is 0 Å². The van der Waals surface area contributed by atoms with Crippen molar-refractivity contribution in [1.29, 1.82) is 0 Å². The molecule has 0 spiro atoms. The van der Waals surface area contributed by atoms with Crippen molar-refractivity contribution >= 4 is 5.91 Å². The van der Waals surface area contributed by atoms with Crippen LogP contribution in [0.25, 0.3) is 0 Å². The highest BCUT2D eigenvalue weighted by atomic mass is 16.1. The first-order valence-corrected chi connectivity index (χ1v) is 4.78. The molecule has 3 nitrogen and oxygen atoms in total. The highest BCUT2D eigenvalue weighted by molar-refractivity contribution is 5.92. The van der Waals surface area contributed by atoms with Crippen LogP contribution in [0.15, 0.2) is 11.6 Å². The van der Waals surface area contributed by atoms with Crippen LogP contribution < -0.4 is 11.1 Å². The zero-order chi connectivity index (χ0) is 10.3. The van der Waals surface area contributed by atoms with Crippen molar-refractivity contribution in [3.05, 3.63) is 11.6 Å². The monoisotopic (exact) mass is 184 g/mol. The van der Waals surface area contributed by atoms with Gasteiger partial charge in [-0.15, -0.1) is 0 Å². The molecule has 0 aromatic rings. The fourth-order valence-electron chi connectivity index (χ4n) is 0.952. The van der Waals surface area contributed by atoms with Crippen LogP contribution in [-0.4, -0.2) is 18.5 Å². The van der Waals surface area contributed by atoms with E-state index in [9.17, 15) is 4.79 Å². The molecular weight excluding hydrogens is 164 g/mol. The summed E-state index contributed by atoms with van der Waals surface area (Å²) in [4.78, 5) is 11.3. The largest absolute Gasteiger partial charge is 0.352 e. The van der Waals surface area contributed by atoms with Crippen molar-refractivity contribution in [2.45, 2.75) is 39.7 Å². The van der Waals surface area contributed by atoms with Gasteiger partial charge in [0.15, 0.2) is 0 Å². The lowest BCUT2D eigenvalue weighted by atomic mass is 10.2. The van der Waals surface area contributed by atoms with Crippen LogP contribution in [0.4, 0.5) is 0 Å². The van der Waals surface area contributed by atoms with E-state index in [1.54, 1.807) is 0 Å². The highest BCUT2D eigenvalue weighted by Crippen LogP contribution is 1.94. The molecule has 1 amide bonds. The summed E-state index contributed by atoms with van der Waals surface area (Å²) < 4.78 is 0. The Morgan fingerprint density at radius 1 is 1.62 bits per heavy atom. The minimum absolute atomic E-state index is 0.0162. The lowest BCUT2D eigenvalue weighted by Crippen LogP contribution is -2.29. The third kappa shape index (κ3) is 6.34. The molecule has 0 radical (unpaired) electrons. The molecule has 76 valence electrons. The number of amides is 1. The molecule has 1 atom stereocenters. The van der Waals surface area contributed by atoms with Gasteiger partial charge in [0.2, 0.25) is 5.91 Å². The average Bonchev–Trinajstić information content (AvgIpc) is 2.04. The van der Waals surface area contributed by atoms with Crippen LogP contribution in [0.5, 0.6) is 0 Å². The SMILES string of the molecule is CCC=C(C)C(=O)NCCC(C)N. The first-order valence-electron chi connectivity index (χ1n) is 4.78. The maximum atomic E-state index is 11.3. The van der Waals surface area contributed by atoms with Gasteiger partial charge in [0.25, 0.3) is 0 Å². The predicted octanol–water partition coefficient (Wildman–Crippen LogP) is 1.20. The Labute approximate surface area is 80.4 Å². The van der Waals surface area contributed by atoms with E-state index < -0.39 is 0 Å². The summed E-state index contributed by atoms with van der Waals surface area (Å²) in [5, 5.41) is 2.81. The summed E-state index contributed by atoms with van der Waals surface area (Å²) in [7, 11) is 0. The average molecular weight is 184 g/mol. The van der Waals surface area contributed by atoms with Gasteiger partial charge in [0.05, 0.1) is 0 Å². The van der Waals surface area contributed by atoms with Gasteiger partial charge < -0.3 is 11.1 Å². The van der Waals surface area contributed by atoms with E-state index in [0.717, 1.165) is 18.4 Å². The Kier molecular flexibility index (Phi) is 6.24. The van der Waals surface area contributed by atoms with E-state index in [2.05, 4.69) is 5.32 Å². The van der Waals surface area contributed by atoms with Gasteiger partial charge in [-0.3, -0.25) is 4.79 Å². The Morgan fingerprint density at radius 3 is 2.69 bits per heavy atom. The molecule has 1 unspecified atom stereocenters. The van der Waals surface area contributed by atoms with E-state index >= 15 is 0 Å². The molecule has 0 aromatic carbocycles.